The minimum atomic E-state index is -0.294. The number of nitrogens with one attached hydrogen (secondary N) is 1. The standard InChI is InChI=1S/C14H29NO2/c1-7-9-12(16)15-13(3,4)11-17-14(5,6)10-8-2/h7-11H2,1-6H3,(H,15,16). The molecular weight excluding hydrogens is 214 g/mol. The van der Waals surface area contributed by atoms with Crippen molar-refractivity contribution in [2.45, 2.75) is 78.4 Å². The minimum Gasteiger partial charge on any atom is -0.373 e. The molecule has 3 heteroatoms. The van der Waals surface area contributed by atoms with Gasteiger partial charge < -0.3 is 10.1 Å². The number of carbonyl (C=O) groups excluding carboxylic acids is 1. The summed E-state index contributed by atoms with van der Waals surface area (Å²) in [4.78, 5) is 11.5. The quantitative estimate of drug-likeness (QED) is 0.710. The van der Waals surface area contributed by atoms with Gasteiger partial charge in [-0.25, -0.2) is 0 Å². The first-order valence-corrected chi connectivity index (χ1v) is 6.67. The summed E-state index contributed by atoms with van der Waals surface area (Å²) in [5.74, 6) is 0.106. The Hall–Kier alpha value is -0.570. The molecule has 0 aromatic carbocycles. The molecule has 0 saturated carbocycles. The van der Waals surface area contributed by atoms with E-state index < -0.39 is 0 Å². The third kappa shape index (κ3) is 8.19. The predicted octanol–water partition coefficient (Wildman–Crippen LogP) is 3.28. The highest BCUT2D eigenvalue weighted by Gasteiger charge is 2.25. The van der Waals surface area contributed by atoms with Gasteiger partial charge in [-0.05, 0) is 40.5 Å². The Morgan fingerprint density at radius 3 is 2.18 bits per heavy atom. The van der Waals surface area contributed by atoms with Crippen LogP contribution in [0.25, 0.3) is 0 Å². The summed E-state index contributed by atoms with van der Waals surface area (Å²) < 4.78 is 5.90. The van der Waals surface area contributed by atoms with Gasteiger partial charge in [0.05, 0.1) is 17.7 Å². The second-order valence-corrected chi connectivity index (χ2v) is 5.98. The Morgan fingerprint density at radius 2 is 1.71 bits per heavy atom. The van der Waals surface area contributed by atoms with Gasteiger partial charge in [0.1, 0.15) is 0 Å². The van der Waals surface area contributed by atoms with Crippen molar-refractivity contribution < 1.29 is 9.53 Å². The molecule has 17 heavy (non-hydrogen) atoms. The zero-order valence-electron chi connectivity index (χ0n) is 12.4. The number of rotatable bonds is 8. The van der Waals surface area contributed by atoms with Crippen LogP contribution in [-0.2, 0) is 9.53 Å². The van der Waals surface area contributed by atoms with Crippen LogP contribution in [0.15, 0.2) is 0 Å². The third-order valence-corrected chi connectivity index (χ3v) is 2.63. The molecule has 102 valence electrons. The lowest BCUT2D eigenvalue weighted by Crippen LogP contribution is -2.48. The zero-order chi connectivity index (χ0) is 13.5. The molecule has 0 heterocycles. The van der Waals surface area contributed by atoms with Crippen LogP contribution >= 0.6 is 0 Å². The molecule has 0 aliphatic rings. The molecule has 0 spiro atoms. The highest BCUT2D eigenvalue weighted by molar-refractivity contribution is 5.76. The third-order valence-electron chi connectivity index (χ3n) is 2.63. The van der Waals surface area contributed by atoms with Gasteiger partial charge in [0.25, 0.3) is 0 Å². The maximum absolute atomic E-state index is 11.5. The first-order chi connectivity index (χ1) is 7.72. The summed E-state index contributed by atoms with van der Waals surface area (Å²) in [6.07, 6.45) is 3.60. The maximum Gasteiger partial charge on any atom is 0.220 e. The van der Waals surface area contributed by atoms with Crippen molar-refractivity contribution in [1.29, 1.82) is 0 Å². The Labute approximate surface area is 106 Å². The van der Waals surface area contributed by atoms with E-state index in [0.717, 1.165) is 19.3 Å². The van der Waals surface area contributed by atoms with Crippen LogP contribution in [-0.4, -0.2) is 23.7 Å². The van der Waals surface area contributed by atoms with Crippen molar-refractivity contribution in [3.8, 4) is 0 Å². The zero-order valence-corrected chi connectivity index (χ0v) is 12.4. The van der Waals surface area contributed by atoms with Crippen LogP contribution in [0.4, 0.5) is 0 Å². The SMILES string of the molecule is CCCC(=O)NC(C)(C)COC(C)(C)CCC. The van der Waals surface area contributed by atoms with E-state index in [4.69, 9.17) is 4.74 Å². The van der Waals surface area contributed by atoms with Gasteiger partial charge >= 0.3 is 0 Å². The number of carbonyl (C=O) groups is 1. The topological polar surface area (TPSA) is 38.3 Å². The molecule has 0 aromatic rings. The molecule has 0 saturated heterocycles. The molecule has 0 bridgehead atoms. The number of ether oxygens (including phenoxy) is 1. The molecule has 0 aliphatic carbocycles. The van der Waals surface area contributed by atoms with Gasteiger partial charge in [-0.2, -0.15) is 0 Å². The van der Waals surface area contributed by atoms with E-state index in [0.29, 0.717) is 13.0 Å². The van der Waals surface area contributed by atoms with Crippen LogP contribution < -0.4 is 5.32 Å². The summed E-state index contributed by atoms with van der Waals surface area (Å²) in [5, 5.41) is 3.01. The summed E-state index contributed by atoms with van der Waals surface area (Å²) in [5.41, 5.74) is -0.404. The van der Waals surface area contributed by atoms with Crippen molar-refractivity contribution in [2.24, 2.45) is 0 Å². The Balaban J connectivity index is 4.12. The minimum absolute atomic E-state index is 0.106. The molecule has 3 nitrogen and oxygen atoms in total. The Bertz CT molecular complexity index is 234. The number of amides is 1. The molecule has 0 rings (SSSR count). The van der Waals surface area contributed by atoms with E-state index in [9.17, 15) is 4.79 Å². The van der Waals surface area contributed by atoms with Crippen molar-refractivity contribution in [3.05, 3.63) is 0 Å². The van der Waals surface area contributed by atoms with Gasteiger partial charge in [0.2, 0.25) is 5.91 Å². The average molecular weight is 243 g/mol. The van der Waals surface area contributed by atoms with Gasteiger partial charge in [-0.3, -0.25) is 4.79 Å². The normalized spacial score (nSPS) is 12.6. The van der Waals surface area contributed by atoms with Crippen LogP contribution in [0.3, 0.4) is 0 Å². The lowest BCUT2D eigenvalue weighted by atomic mass is 10.0. The highest BCUT2D eigenvalue weighted by Crippen LogP contribution is 2.18. The highest BCUT2D eigenvalue weighted by atomic mass is 16.5. The van der Waals surface area contributed by atoms with E-state index in [1.807, 2.05) is 20.8 Å². The van der Waals surface area contributed by atoms with Crippen LogP contribution in [0.5, 0.6) is 0 Å². The second-order valence-electron chi connectivity index (χ2n) is 5.98. The first-order valence-electron chi connectivity index (χ1n) is 6.67. The van der Waals surface area contributed by atoms with Gasteiger partial charge in [-0.1, -0.05) is 20.3 Å². The van der Waals surface area contributed by atoms with E-state index in [2.05, 4.69) is 26.1 Å². The summed E-state index contributed by atoms with van der Waals surface area (Å²) in [6.45, 7) is 12.9. The molecule has 0 radical (unpaired) electrons. The number of hydrogen-bond donors (Lipinski definition) is 1. The van der Waals surface area contributed by atoms with E-state index >= 15 is 0 Å². The molecule has 0 unspecified atom stereocenters. The molecule has 0 aliphatic heterocycles. The van der Waals surface area contributed by atoms with Crippen LogP contribution in [0.2, 0.25) is 0 Å². The largest absolute Gasteiger partial charge is 0.373 e. The van der Waals surface area contributed by atoms with Crippen LogP contribution in [0.1, 0.15) is 67.2 Å². The lowest BCUT2D eigenvalue weighted by Gasteiger charge is -2.32. The molecular formula is C14H29NO2. The average Bonchev–Trinajstić information content (AvgIpc) is 2.15. The second kappa shape index (κ2) is 7.00. The van der Waals surface area contributed by atoms with Crippen molar-refractivity contribution in [3.63, 3.8) is 0 Å². The van der Waals surface area contributed by atoms with E-state index in [1.54, 1.807) is 0 Å². The predicted molar refractivity (Wildman–Crippen MR) is 72.1 cm³/mol. The molecule has 1 amide bonds. The van der Waals surface area contributed by atoms with Crippen molar-refractivity contribution >= 4 is 5.91 Å². The van der Waals surface area contributed by atoms with Crippen molar-refractivity contribution in [2.75, 3.05) is 6.61 Å². The molecule has 0 fully saturated rings. The lowest BCUT2D eigenvalue weighted by molar-refractivity contribution is -0.124. The monoisotopic (exact) mass is 243 g/mol. The number of hydrogen-bond acceptors (Lipinski definition) is 2. The fraction of sp³-hybridized carbons (Fsp3) is 0.929. The van der Waals surface area contributed by atoms with Crippen LogP contribution in [0, 0.1) is 0 Å². The van der Waals surface area contributed by atoms with Gasteiger partial charge in [-0.15, -0.1) is 0 Å². The molecule has 1 N–H and O–H groups in total. The summed E-state index contributed by atoms with van der Waals surface area (Å²) in [6, 6.07) is 0. The smallest absolute Gasteiger partial charge is 0.220 e. The van der Waals surface area contributed by atoms with Gasteiger partial charge in [0.15, 0.2) is 0 Å². The Kier molecular flexibility index (Phi) is 6.76. The summed E-state index contributed by atoms with van der Waals surface area (Å²) >= 11 is 0. The van der Waals surface area contributed by atoms with E-state index in [1.165, 1.54) is 0 Å². The fourth-order valence-corrected chi connectivity index (χ4v) is 1.75. The molecule has 0 atom stereocenters. The summed E-state index contributed by atoms with van der Waals surface area (Å²) in [7, 11) is 0. The Morgan fingerprint density at radius 1 is 1.12 bits per heavy atom. The maximum atomic E-state index is 11.5. The first kappa shape index (κ1) is 16.4. The molecule has 0 aromatic heterocycles. The van der Waals surface area contributed by atoms with Crippen molar-refractivity contribution in [1.82, 2.24) is 5.32 Å². The fourth-order valence-electron chi connectivity index (χ4n) is 1.75. The van der Waals surface area contributed by atoms with E-state index in [-0.39, 0.29) is 17.0 Å². The van der Waals surface area contributed by atoms with Gasteiger partial charge in [0, 0.05) is 6.42 Å².